The largest absolute Gasteiger partial charge is 0.388 e. The van der Waals surface area contributed by atoms with Crippen molar-refractivity contribution in [3.05, 3.63) is 29.8 Å². The zero-order chi connectivity index (χ0) is 11.5. The van der Waals surface area contributed by atoms with Crippen molar-refractivity contribution in [3.8, 4) is 0 Å². The number of anilines is 1. The molecule has 4 heteroatoms. The maximum Gasteiger partial charge on any atom is 0.186 e. The van der Waals surface area contributed by atoms with Crippen molar-refractivity contribution in [2.24, 2.45) is 16.5 Å². The minimum atomic E-state index is 0. The molecule has 1 aliphatic rings. The van der Waals surface area contributed by atoms with Gasteiger partial charge in [-0.3, -0.25) is 0 Å². The number of rotatable bonds is 3. The number of hydrogen-bond donors (Lipinski definition) is 3. The lowest BCUT2D eigenvalue weighted by Gasteiger charge is -2.34. The van der Waals surface area contributed by atoms with Crippen LogP contribution in [0.2, 0.25) is 0 Å². The number of nitrogens with one attached hydrogen (secondary N) is 1. The Morgan fingerprint density at radius 1 is 1.17 bits per heavy atom. The molecular weight excluding hydrogens is 224 g/mol. The van der Waals surface area contributed by atoms with Crippen molar-refractivity contribution in [1.82, 2.24) is 0 Å². The highest BCUT2D eigenvalue weighted by Gasteiger charge is 2.31. The lowest BCUT2D eigenvalue weighted by atomic mass is 9.75. The fraction of sp³-hybridized carbons (Fsp3) is 0.500. The highest BCUT2D eigenvalue weighted by atomic mass is 15.0. The summed E-state index contributed by atoms with van der Waals surface area (Å²) < 4.78 is 0. The van der Waals surface area contributed by atoms with Gasteiger partial charge in [-0.1, -0.05) is 27.0 Å². The Morgan fingerprint density at radius 3 is 2.17 bits per heavy atom. The Morgan fingerprint density at radius 2 is 1.78 bits per heavy atom. The second-order valence-electron chi connectivity index (χ2n) is 4.18. The summed E-state index contributed by atoms with van der Waals surface area (Å²) in [7, 11) is 1.92. The third-order valence-electron chi connectivity index (χ3n) is 3.18. The van der Waals surface area contributed by atoms with Crippen molar-refractivity contribution in [1.29, 1.82) is 0 Å². The minimum absolute atomic E-state index is 0. The fourth-order valence-electron chi connectivity index (χ4n) is 2.11. The molecule has 1 aromatic carbocycles. The Hall–Kier alpha value is -1.71. The second kappa shape index (κ2) is 6.89. The summed E-state index contributed by atoms with van der Waals surface area (Å²) in [6.07, 6.45) is 2.25. The van der Waals surface area contributed by atoms with Gasteiger partial charge in [-0.25, -0.2) is 4.99 Å². The van der Waals surface area contributed by atoms with Crippen LogP contribution in [-0.4, -0.2) is 19.0 Å². The Kier molecular flexibility index (Phi) is 6.23. The smallest absolute Gasteiger partial charge is 0.186 e. The van der Waals surface area contributed by atoms with Crippen molar-refractivity contribution < 1.29 is 0 Å². The average Bonchev–Trinajstić information content (AvgIpc) is 2.25. The molecule has 5 N–H and O–H groups in total. The molecule has 0 bridgehead atoms. The third-order valence-corrected chi connectivity index (χ3v) is 3.18. The Balaban J connectivity index is 0.00000144. The van der Waals surface area contributed by atoms with Crippen LogP contribution in [0.15, 0.2) is 29.3 Å². The van der Waals surface area contributed by atoms with Gasteiger partial charge in [-0.2, -0.15) is 0 Å². The van der Waals surface area contributed by atoms with E-state index >= 15 is 0 Å². The molecule has 0 heterocycles. The van der Waals surface area contributed by atoms with Gasteiger partial charge in [0.25, 0.3) is 0 Å². The van der Waals surface area contributed by atoms with E-state index in [2.05, 4.69) is 34.6 Å². The van der Waals surface area contributed by atoms with Gasteiger partial charge < -0.3 is 16.8 Å². The van der Waals surface area contributed by atoms with Gasteiger partial charge in [0.1, 0.15) is 0 Å². The molecule has 2 rings (SSSR count). The second-order valence-corrected chi connectivity index (χ2v) is 4.18. The van der Waals surface area contributed by atoms with Crippen LogP contribution < -0.4 is 16.8 Å². The van der Waals surface area contributed by atoms with E-state index in [4.69, 9.17) is 11.5 Å². The van der Waals surface area contributed by atoms with Crippen molar-refractivity contribution in [2.75, 3.05) is 12.4 Å². The molecule has 0 aliphatic heterocycles. The quantitative estimate of drug-likeness (QED) is 0.570. The van der Waals surface area contributed by atoms with Crippen molar-refractivity contribution in [2.45, 2.75) is 39.7 Å². The van der Waals surface area contributed by atoms with Crippen LogP contribution in [-0.2, 0) is 0 Å². The first kappa shape index (κ1) is 16.3. The summed E-state index contributed by atoms with van der Waals surface area (Å²) in [5.41, 5.74) is 13.3. The molecule has 0 amide bonds. The van der Waals surface area contributed by atoms with Crippen LogP contribution in [0, 0.1) is 0 Å². The molecule has 1 saturated carbocycles. The zero-order valence-electron chi connectivity index (χ0n) is 9.48. The first-order valence-corrected chi connectivity index (χ1v) is 5.57. The molecule has 1 fully saturated rings. The fourth-order valence-corrected chi connectivity index (χ4v) is 2.11. The molecular formula is C14H26N4. The standard InChI is InChI=1S/C12H18N4.2CH4/c1-15-9-4-2-8(3-5-9)10-6-7-11(10)16-12(13)14;;/h2-5,10-11,15H,6-7H2,1H3,(H4,13,14,16);2*1H4. The van der Waals surface area contributed by atoms with Gasteiger partial charge in [0.2, 0.25) is 0 Å². The Bertz CT molecular complexity index is 379. The van der Waals surface area contributed by atoms with Gasteiger partial charge in [0, 0.05) is 18.7 Å². The summed E-state index contributed by atoms with van der Waals surface area (Å²) in [6.45, 7) is 0. The Labute approximate surface area is 110 Å². The summed E-state index contributed by atoms with van der Waals surface area (Å²) >= 11 is 0. The van der Waals surface area contributed by atoms with E-state index in [-0.39, 0.29) is 26.9 Å². The number of benzene rings is 1. The molecule has 2 atom stereocenters. The molecule has 0 spiro atoms. The van der Waals surface area contributed by atoms with Crippen LogP contribution >= 0.6 is 0 Å². The molecule has 18 heavy (non-hydrogen) atoms. The summed E-state index contributed by atoms with van der Waals surface area (Å²) in [4.78, 5) is 4.24. The van der Waals surface area contributed by atoms with Crippen molar-refractivity contribution in [3.63, 3.8) is 0 Å². The van der Waals surface area contributed by atoms with Gasteiger partial charge >= 0.3 is 0 Å². The molecule has 4 nitrogen and oxygen atoms in total. The van der Waals surface area contributed by atoms with Gasteiger partial charge in [0.15, 0.2) is 5.96 Å². The van der Waals surface area contributed by atoms with Gasteiger partial charge in [-0.05, 0) is 30.5 Å². The lowest BCUT2D eigenvalue weighted by Crippen LogP contribution is -2.33. The summed E-state index contributed by atoms with van der Waals surface area (Å²) in [5.74, 6) is 0.676. The zero-order valence-corrected chi connectivity index (χ0v) is 9.48. The summed E-state index contributed by atoms with van der Waals surface area (Å²) in [5, 5.41) is 3.11. The first-order valence-electron chi connectivity index (χ1n) is 5.57. The van der Waals surface area contributed by atoms with Gasteiger partial charge in [-0.15, -0.1) is 0 Å². The SMILES string of the molecule is C.C.CNc1ccc(C2CCC2N=C(N)N)cc1. The van der Waals surface area contributed by atoms with E-state index in [0.717, 1.165) is 12.1 Å². The van der Waals surface area contributed by atoms with E-state index in [1.165, 1.54) is 12.0 Å². The molecule has 1 aliphatic carbocycles. The molecule has 0 saturated heterocycles. The maximum atomic E-state index is 5.41. The van der Waals surface area contributed by atoms with Crippen LogP contribution in [0.4, 0.5) is 5.69 Å². The normalized spacial score (nSPS) is 20.7. The number of nitrogens with zero attached hydrogens (tertiary/aromatic N) is 1. The van der Waals surface area contributed by atoms with E-state index in [1.807, 2.05) is 7.05 Å². The van der Waals surface area contributed by atoms with Crippen LogP contribution in [0.25, 0.3) is 0 Å². The van der Waals surface area contributed by atoms with E-state index in [9.17, 15) is 0 Å². The topological polar surface area (TPSA) is 76.4 Å². The lowest BCUT2D eigenvalue weighted by molar-refractivity contribution is 0.348. The van der Waals surface area contributed by atoms with Crippen LogP contribution in [0.3, 0.4) is 0 Å². The van der Waals surface area contributed by atoms with Crippen LogP contribution in [0.5, 0.6) is 0 Å². The molecule has 0 radical (unpaired) electrons. The molecule has 102 valence electrons. The highest BCUT2D eigenvalue weighted by Crippen LogP contribution is 2.39. The van der Waals surface area contributed by atoms with Gasteiger partial charge in [0.05, 0.1) is 6.04 Å². The average molecular weight is 250 g/mol. The number of nitrogens with two attached hydrogens (primary N) is 2. The van der Waals surface area contributed by atoms with Crippen LogP contribution in [0.1, 0.15) is 39.2 Å². The van der Waals surface area contributed by atoms with E-state index < -0.39 is 0 Å². The first-order chi connectivity index (χ1) is 7.70. The highest BCUT2D eigenvalue weighted by molar-refractivity contribution is 5.76. The molecule has 0 aromatic heterocycles. The van der Waals surface area contributed by atoms with E-state index in [1.54, 1.807) is 0 Å². The number of guanidine groups is 1. The van der Waals surface area contributed by atoms with Crippen molar-refractivity contribution >= 4 is 11.6 Å². The number of aliphatic imine (C=N–C) groups is 1. The third kappa shape index (κ3) is 3.39. The van der Waals surface area contributed by atoms with E-state index in [0.29, 0.717) is 5.92 Å². The minimum Gasteiger partial charge on any atom is -0.388 e. The molecule has 1 aromatic rings. The predicted molar refractivity (Wildman–Crippen MR) is 81.0 cm³/mol. The predicted octanol–water partition coefficient (Wildman–Crippen LogP) is 2.52. The molecule has 2 unspecified atom stereocenters. The summed E-state index contributed by atoms with van der Waals surface area (Å²) in [6, 6.07) is 8.72. The maximum absolute atomic E-state index is 5.41. The number of hydrogen-bond acceptors (Lipinski definition) is 2. The monoisotopic (exact) mass is 250 g/mol.